The van der Waals surface area contributed by atoms with Crippen LogP contribution in [0.25, 0.3) is 0 Å². The third-order valence-corrected chi connectivity index (χ3v) is 3.73. The minimum Gasteiger partial charge on any atom is -0.446 e. The fourth-order valence-corrected chi connectivity index (χ4v) is 2.31. The number of ether oxygens (including phenoxy) is 1. The highest BCUT2D eigenvalue weighted by molar-refractivity contribution is 5.96. The number of nitrogens with zero attached hydrogens (tertiary/aromatic N) is 2. The lowest BCUT2D eigenvalue weighted by molar-refractivity contribution is -0.384. The Hall–Kier alpha value is -3.75. The third-order valence-electron chi connectivity index (χ3n) is 3.73. The van der Waals surface area contributed by atoms with Gasteiger partial charge in [0.1, 0.15) is 6.54 Å². The molecule has 146 valence electrons. The second kappa shape index (κ2) is 9.26. The van der Waals surface area contributed by atoms with Crippen molar-refractivity contribution in [3.63, 3.8) is 0 Å². The first-order valence-electron chi connectivity index (χ1n) is 8.28. The summed E-state index contributed by atoms with van der Waals surface area (Å²) in [5, 5.41) is 13.1. The second-order valence-corrected chi connectivity index (χ2v) is 6.00. The molecule has 0 saturated heterocycles. The average molecular weight is 385 g/mol. The van der Waals surface area contributed by atoms with Crippen LogP contribution in [0.3, 0.4) is 0 Å². The largest absolute Gasteiger partial charge is 0.446 e. The van der Waals surface area contributed by atoms with E-state index in [-0.39, 0.29) is 11.3 Å². The van der Waals surface area contributed by atoms with Crippen LogP contribution in [0.5, 0.6) is 0 Å². The molecule has 1 N–H and O–H groups in total. The molecule has 0 aliphatic heterocycles. The van der Waals surface area contributed by atoms with Gasteiger partial charge in [-0.05, 0) is 6.07 Å². The van der Waals surface area contributed by atoms with Crippen molar-refractivity contribution in [2.24, 2.45) is 0 Å². The van der Waals surface area contributed by atoms with Gasteiger partial charge in [-0.1, -0.05) is 36.4 Å². The Morgan fingerprint density at radius 3 is 2.39 bits per heavy atom. The van der Waals surface area contributed by atoms with E-state index in [1.54, 1.807) is 30.3 Å². The van der Waals surface area contributed by atoms with Crippen molar-refractivity contribution in [3.05, 3.63) is 75.8 Å². The third kappa shape index (κ3) is 5.37. The van der Waals surface area contributed by atoms with E-state index in [4.69, 9.17) is 4.74 Å². The number of carbonyl (C=O) groups excluding carboxylic acids is 3. The number of rotatable bonds is 7. The average Bonchev–Trinajstić information content (AvgIpc) is 2.70. The SMILES string of the molecule is CN(C)C(=O)C(OC(=O)CNC(=O)c1cccc([N+](=O)[O-])c1)c1ccccc1. The number of nitrogens with one attached hydrogen (secondary N) is 1. The highest BCUT2D eigenvalue weighted by Crippen LogP contribution is 2.19. The summed E-state index contributed by atoms with van der Waals surface area (Å²) in [5.74, 6) is -1.91. The highest BCUT2D eigenvalue weighted by Gasteiger charge is 2.26. The van der Waals surface area contributed by atoms with Gasteiger partial charge in [-0.3, -0.25) is 24.5 Å². The number of non-ortho nitro benzene ring substituents is 1. The lowest BCUT2D eigenvalue weighted by atomic mass is 10.1. The Morgan fingerprint density at radius 1 is 1.11 bits per heavy atom. The Labute approximate surface area is 161 Å². The first-order chi connectivity index (χ1) is 13.3. The first-order valence-corrected chi connectivity index (χ1v) is 8.28. The smallest absolute Gasteiger partial charge is 0.326 e. The maximum absolute atomic E-state index is 12.3. The number of nitro groups is 1. The first kappa shape index (κ1) is 20.6. The van der Waals surface area contributed by atoms with E-state index in [2.05, 4.69) is 5.32 Å². The van der Waals surface area contributed by atoms with Gasteiger partial charge in [0, 0.05) is 37.4 Å². The summed E-state index contributed by atoms with van der Waals surface area (Å²) in [6.07, 6.45) is -1.14. The summed E-state index contributed by atoms with van der Waals surface area (Å²) in [7, 11) is 3.08. The summed E-state index contributed by atoms with van der Waals surface area (Å²) >= 11 is 0. The molecule has 0 heterocycles. The van der Waals surface area contributed by atoms with Gasteiger partial charge in [-0.15, -0.1) is 0 Å². The molecule has 0 radical (unpaired) electrons. The van der Waals surface area contributed by atoms with Crippen molar-refractivity contribution in [1.82, 2.24) is 10.2 Å². The Kier molecular flexibility index (Phi) is 6.80. The topological polar surface area (TPSA) is 119 Å². The summed E-state index contributed by atoms with van der Waals surface area (Å²) in [6.45, 7) is -0.494. The Morgan fingerprint density at radius 2 is 1.79 bits per heavy atom. The van der Waals surface area contributed by atoms with Crippen LogP contribution < -0.4 is 5.32 Å². The van der Waals surface area contributed by atoms with Crippen LogP contribution in [0.4, 0.5) is 5.69 Å². The van der Waals surface area contributed by atoms with Gasteiger partial charge in [-0.25, -0.2) is 0 Å². The minimum atomic E-state index is -1.14. The summed E-state index contributed by atoms with van der Waals surface area (Å²) < 4.78 is 5.25. The Bertz CT molecular complexity index is 882. The van der Waals surface area contributed by atoms with Gasteiger partial charge in [0.15, 0.2) is 0 Å². The van der Waals surface area contributed by atoms with E-state index >= 15 is 0 Å². The molecular weight excluding hydrogens is 366 g/mol. The van der Waals surface area contributed by atoms with Crippen molar-refractivity contribution in [2.75, 3.05) is 20.6 Å². The molecule has 1 unspecified atom stereocenters. The molecule has 2 rings (SSSR count). The fraction of sp³-hybridized carbons (Fsp3) is 0.211. The number of benzene rings is 2. The van der Waals surface area contributed by atoms with E-state index in [0.717, 1.165) is 6.07 Å². The van der Waals surface area contributed by atoms with Gasteiger partial charge in [0.05, 0.1) is 4.92 Å². The van der Waals surface area contributed by atoms with E-state index in [1.807, 2.05) is 0 Å². The number of carbonyl (C=O) groups is 3. The molecule has 9 nitrogen and oxygen atoms in total. The maximum atomic E-state index is 12.3. The van der Waals surface area contributed by atoms with Crippen molar-refractivity contribution in [3.8, 4) is 0 Å². The van der Waals surface area contributed by atoms with Crippen LogP contribution in [-0.2, 0) is 14.3 Å². The van der Waals surface area contributed by atoms with E-state index in [9.17, 15) is 24.5 Å². The molecule has 9 heteroatoms. The van der Waals surface area contributed by atoms with E-state index in [0.29, 0.717) is 5.56 Å². The quantitative estimate of drug-likeness (QED) is 0.440. The molecule has 28 heavy (non-hydrogen) atoms. The van der Waals surface area contributed by atoms with Gasteiger partial charge in [-0.2, -0.15) is 0 Å². The molecule has 0 aliphatic carbocycles. The van der Waals surface area contributed by atoms with Gasteiger partial charge >= 0.3 is 5.97 Å². The molecule has 2 aromatic rings. The molecule has 2 aromatic carbocycles. The van der Waals surface area contributed by atoms with Crippen LogP contribution in [0.15, 0.2) is 54.6 Å². The molecular formula is C19H19N3O6. The highest BCUT2D eigenvalue weighted by atomic mass is 16.6. The minimum absolute atomic E-state index is 0.0333. The number of esters is 1. The summed E-state index contributed by atoms with van der Waals surface area (Å²) in [5.41, 5.74) is 0.293. The standard InChI is InChI=1S/C19H19N3O6/c1-21(2)19(25)17(13-7-4-3-5-8-13)28-16(23)12-20-18(24)14-9-6-10-15(11-14)22(26)27/h3-11,17H,12H2,1-2H3,(H,20,24). The van der Waals surface area contributed by atoms with Gasteiger partial charge in [0.25, 0.3) is 17.5 Å². The summed E-state index contributed by atoms with van der Waals surface area (Å²) in [4.78, 5) is 48.0. The predicted octanol–water partition coefficient (Wildman–Crippen LogP) is 1.70. The molecule has 0 fully saturated rings. The van der Waals surface area contributed by atoms with Crippen molar-refractivity contribution < 1.29 is 24.0 Å². The predicted molar refractivity (Wildman–Crippen MR) is 99.4 cm³/mol. The normalized spacial score (nSPS) is 11.2. The van der Waals surface area contributed by atoms with Crippen LogP contribution in [0, 0.1) is 10.1 Å². The van der Waals surface area contributed by atoms with E-state index in [1.165, 1.54) is 37.2 Å². The maximum Gasteiger partial charge on any atom is 0.326 e. The van der Waals surface area contributed by atoms with E-state index < -0.39 is 35.4 Å². The molecule has 1 atom stereocenters. The number of likely N-dealkylation sites (N-methyl/N-ethyl adjacent to an activating group) is 1. The number of hydrogen-bond donors (Lipinski definition) is 1. The summed E-state index contributed by atoms with van der Waals surface area (Å²) in [6, 6.07) is 13.6. The lowest BCUT2D eigenvalue weighted by Gasteiger charge is -2.21. The second-order valence-electron chi connectivity index (χ2n) is 6.00. The fourth-order valence-electron chi connectivity index (χ4n) is 2.31. The molecule has 2 amide bonds. The van der Waals surface area contributed by atoms with Crippen LogP contribution in [0.2, 0.25) is 0 Å². The van der Waals surface area contributed by atoms with Crippen molar-refractivity contribution >= 4 is 23.5 Å². The molecule has 0 bridgehead atoms. The van der Waals surface area contributed by atoms with Gasteiger partial charge < -0.3 is 15.0 Å². The molecule has 0 saturated carbocycles. The molecule has 0 aromatic heterocycles. The number of nitro benzene ring substituents is 1. The Balaban J connectivity index is 2.03. The van der Waals surface area contributed by atoms with Crippen molar-refractivity contribution in [1.29, 1.82) is 0 Å². The van der Waals surface area contributed by atoms with Crippen molar-refractivity contribution in [2.45, 2.75) is 6.10 Å². The van der Waals surface area contributed by atoms with Crippen LogP contribution in [-0.4, -0.2) is 48.2 Å². The zero-order valence-electron chi connectivity index (χ0n) is 15.3. The molecule has 0 aliphatic rings. The zero-order valence-corrected chi connectivity index (χ0v) is 15.3. The number of amides is 2. The monoisotopic (exact) mass is 385 g/mol. The zero-order chi connectivity index (χ0) is 20.7. The van der Waals surface area contributed by atoms with Crippen LogP contribution in [0.1, 0.15) is 22.0 Å². The molecule has 0 spiro atoms. The van der Waals surface area contributed by atoms with Crippen LogP contribution >= 0.6 is 0 Å². The lowest BCUT2D eigenvalue weighted by Crippen LogP contribution is -2.35. The van der Waals surface area contributed by atoms with Gasteiger partial charge in [0.2, 0.25) is 6.10 Å². The number of hydrogen-bond acceptors (Lipinski definition) is 6.